The molecule has 0 atom stereocenters. The molecule has 1 aromatic carbocycles. The van der Waals surface area contributed by atoms with Gasteiger partial charge >= 0.3 is 0 Å². The molecule has 0 aliphatic heterocycles. The summed E-state index contributed by atoms with van der Waals surface area (Å²) in [5.74, 6) is -0.0906. The van der Waals surface area contributed by atoms with Gasteiger partial charge in [-0.15, -0.1) is 11.3 Å². The van der Waals surface area contributed by atoms with Crippen LogP contribution in [-0.2, 0) is 17.8 Å². The fourth-order valence-electron chi connectivity index (χ4n) is 2.46. The monoisotopic (exact) mass is 387 g/mol. The molecule has 3 rings (SSSR count). The van der Waals surface area contributed by atoms with Crippen LogP contribution in [0, 0.1) is 0 Å². The van der Waals surface area contributed by atoms with E-state index in [1.807, 2.05) is 29.6 Å². The number of aromatic nitrogens is 2. The maximum absolute atomic E-state index is 12.0. The van der Waals surface area contributed by atoms with Crippen LogP contribution in [0.3, 0.4) is 0 Å². The van der Waals surface area contributed by atoms with Crippen molar-refractivity contribution in [2.75, 3.05) is 6.54 Å². The molecule has 3 aromatic rings. The van der Waals surface area contributed by atoms with Gasteiger partial charge in [0.25, 0.3) is 5.56 Å². The number of hydrogen-bond acceptors (Lipinski definition) is 4. The first kappa shape index (κ1) is 18.4. The van der Waals surface area contributed by atoms with Gasteiger partial charge in [-0.3, -0.25) is 9.59 Å². The first-order chi connectivity index (χ1) is 12.6. The standard InChI is InChI=1S/C19H18ClN3O2S/c20-15-5-3-14(4-6-15)17-7-8-19(25)23(22-17)12-10-18(24)21-11-9-16-2-1-13-26-16/h1-8,13H,9-12H2,(H,21,24). The molecule has 0 aliphatic rings. The minimum atomic E-state index is -0.228. The molecule has 2 heterocycles. The third kappa shape index (κ3) is 5.03. The van der Waals surface area contributed by atoms with Crippen LogP contribution in [0.15, 0.2) is 58.7 Å². The molecule has 1 amide bonds. The van der Waals surface area contributed by atoms with Crippen molar-refractivity contribution in [1.29, 1.82) is 0 Å². The number of rotatable bonds is 7. The second-order valence-corrected chi connectivity index (χ2v) is 7.18. The van der Waals surface area contributed by atoms with Crippen LogP contribution in [-0.4, -0.2) is 22.2 Å². The van der Waals surface area contributed by atoms with Gasteiger partial charge in [0.05, 0.1) is 12.2 Å². The van der Waals surface area contributed by atoms with Gasteiger partial charge in [-0.25, -0.2) is 4.68 Å². The van der Waals surface area contributed by atoms with Crippen LogP contribution in [0.25, 0.3) is 11.3 Å². The van der Waals surface area contributed by atoms with Gasteiger partial charge in [-0.2, -0.15) is 5.10 Å². The Morgan fingerprint density at radius 3 is 2.69 bits per heavy atom. The average Bonchev–Trinajstić information content (AvgIpc) is 3.15. The molecular weight excluding hydrogens is 370 g/mol. The minimum Gasteiger partial charge on any atom is -0.356 e. The number of nitrogens with one attached hydrogen (secondary N) is 1. The lowest BCUT2D eigenvalue weighted by molar-refractivity contribution is -0.121. The summed E-state index contributed by atoms with van der Waals surface area (Å²) < 4.78 is 1.32. The molecule has 0 saturated carbocycles. The number of hydrogen-bond donors (Lipinski definition) is 1. The zero-order valence-electron chi connectivity index (χ0n) is 14.0. The van der Waals surface area contributed by atoms with Crippen molar-refractivity contribution in [3.05, 3.63) is 74.2 Å². The first-order valence-electron chi connectivity index (χ1n) is 8.25. The van der Waals surface area contributed by atoms with E-state index < -0.39 is 0 Å². The number of carbonyl (C=O) groups excluding carboxylic acids is 1. The molecule has 2 aromatic heterocycles. The molecule has 5 nitrogen and oxygen atoms in total. The van der Waals surface area contributed by atoms with Crippen molar-refractivity contribution >= 4 is 28.8 Å². The van der Waals surface area contributed by atoms with Crippen LogP contribution < -0.4 is 10.9 Å². The molecule has 26 heavy (non-hydrogen) atoms. The van der Waals surface area contributed by atoms with Gasteiger partial charge in [-0.05, 0) is 36.1 Å². The number of carbonyl (C=O) groups is 1. The summed E-state index contributed by atoms with van der Waals surface area (Å²) in [5, 5.41) is 9.88. The minimum absolute atomic E-state index is 0.0906. The highest BCUT2D eigenvalue weighted by atomic mass is 35.5. The Hall–Kier alpha value is -2.44. The topological polar surface area (TPSA) is 64.0 Å². The predicted molar refractivity (Wildman–Crippen MR) is 105 cm³/mol. The molecule has 0 bridgehead atoms. The van der Waals surface area contributed by atoms with E-state index in [2.05, 4.69) is 10.4 Å². The molecule has 0 spiro atoms. The highest BCUT2D eigenvalue weighted by Gasteiger charge is 2.07. The lowest BCUT2D eigenvalue weighted by atomic mass is 10.1. The Labute approximate surface area is 160 Å². The van der Waals surface area contributed by atoms with E-state index in [-0.39, 0.29) is 24.4 Å². The first-order valence-corrected chi connectivity index (χ1v) is 9.51. The molecule has 0 fully saturated rings. The van der Waals surface area contributed by atoms with Gasteiger partial charge in [0.1, 0.15) is 0 Å². The maximum atomic E-state index is 12.0. The van der Waals surface area contributed by atoms with E-state index in [0.717, 1.165) is 12.0 Å². The summed E-state index contributed by atoms with van der Waals surface area (Å²) in [5.41, 5.74) is 1.30. The normalized spacial score (nSPS) is 10.7. The Morgan fingerprint density at radius 1 is 1.15 bits per heavy atom. The Morgan fingerprint density at radius 2 is 1.96 bits per heavy atom. The summed E-state index contributed by atoms with van der Waals surface area (Å²) >= 11 is 7.57. The fraction of sp³-hybridized carbons (Fsp3) is 0.211. The van der Waals surface area contributed by atoms with Crippen LogP contribution in [0.1, 0.15) is 11.3 Å². The second-order valence-electron chi connectivity index (χ2n) is 5.72. The van der Waals surface area contributed by atoms with Crippen molar-refractivity contribution in [3.63, 3.8) is 0 Å². The largest absolute Gasteiger partial charge is 0.356 e. The molecule has 0 aliphatic carbocycles. The smallest absolute Gasteiger partial charge is 0.266 e. The number of nitrogens with zero attached hydrogens (tertiary/aromatic N) is 2. The van der Waals surface area contributed by atoms with Gasteiger partial charge in [0.15, 0.2) is 0 Å². The number of aryl methyl sites for hydroxylation is 1. The SMILES string of the molecule is O=C(CCn1nc(-c2ccc(Cl)cc2)ccc1=O)NCCc1cccs1. The van der Waals surface area contributed by atoms with Crippen molar-refractivity contribution in [2.45, 2.75) is 19.4 Å². The zero-order chi connectivity index (χ0) is 18.4. The molecule has 0 radical (unpaired) electrons. The quantitative estimate of drug-likeness (QED) is 0.676. The van der Waals surface area contributed by atoms with E-state index >= 15 is 0 Å². The van der Waals surface area contributed by atoms with Crippen molar-refractivity contribution in [1.82, 2.24) is 15.1 Å². The highest BCUT2D eigenvalue weighted by Crippen LogP contribution is 2.18. The maximum Gasteiger partial charge on any atom is 0.266 e. The summed E-state index contributed by atoms with van der Waals surface area (Å²) in [7, 11) is 0. The lowest BCUT2D eigenvalue weighted by Crippen LogP contribution is -2.29. The molecule has 0 unspecified atom stereocenters. The molecule has 7 heteroatoms. The van der Waals surface area contributed by atoms with Gasteiger partial charge in [0.2, 0.25) is 5.91 Å². The predicted octanol–water partition coefficient (Wildman–Crippen LogP) is 3.37. The van der Waals surface area contributed by atoms with Crippen molar-refractivity contribution in [3.8, 4) is 11.3 Å². The molecule has 0 saturated heterocycles. The molecule has 134 valence electrons. The van der Waals surface area contributed by atoms with Crippen LogP contribution >= 0.6 is 22.9 Å². The van der Waals surface area contributed by atoms with E-state index in [0.29, 0.717) is 17.3 Å². The van der Waals surface area contributed by atoms with Crippen LogP contribution in [0.5, 0.6) is 0 Å². The number of amides is 1. The van der Waals surface area contributed by atoms with E-state index in [1.165, 1.54) is 15.6 Å². The summed E-state index contributed by atoms with van der Waals surface area (Å²) in [4.78, 5) is 25.2. The Bertz CT molecular complexity index is 921. The molecule has 1 N–H and O–H groups in total. The number of benzene rings is 1. The Balaban J connectivity index is 1.57. The zero-order valence-corrected chi connectivity index (χ0v) is 15.6. The van der Waals surface area contributed by atoms with E-state index in [1.54, 1.807) is 29.5 Å². The van der Waals surface area contributed by atoms with Gasteiger partial charge in [-0.1, -0.05) is 29.8 Å². The van der Waals surface area contributed by atoms with Gasteiger partial charge < -0.3 is 5.32 Å². The Kier molecular flexibility index (Phi) is 6.20. The third-order valence-electron chi connectivity index (χ3n) is 3.83. The van der Waals surface area contributed by atoms with Crippen LogP contribution in [0.2, 0.25) is 5.02 Å². The van der Waals surface area contributed by atoms with Gasteiger partial charge in [0, 0.05) is 34.5 Å². The van der Waals surface area contributed by atoms with Crippen molar-refractivity contribution < 1.29 is 4.79 Å². The van der Waals surface area contributed by atoms with Crippen LogP contribution in [0.4, 0.5) is 0 Å². The average molecular weight is 388 g/mol. The number of thiophene rings is 1. The third-order valence-corrected chi connectivity index (χ3v) is 5.02. The van der Waals surface area contributed by atoms with E-state index in [9.17, 15) is 9.59 Å². The second kappa shape index (κ2) is 8.78. The van der Waals surface area contributed by atoms with Crippen molar-refractivity contribution in [2.24, 2.45) is 0 Å². The number of halogens is 1. The summed E-state index contributed by atoms with van der Waals surface area (Å²) in [6, 6.07) is 14.4. The van der Waals surface area contributed by atoms with E-state index in [4.69, 9.17) is 11.6 Å². The summed E-state index contributed by atoms with van der Waals surface area (Å²) in [6.45, 7) is 0.831. The fourth-order valence-corrected chi connectivity index (χ4v) is 3.29. The lowest BCUT2D eigenvalue weighted by Gasteiger charge is -2.08. The molecular formula is C19H18ClN3O2S. The summed E-state index contributed by atoms with van der Waals surface area (Å²) in [6.07, 6.45) is 1.02. The highest BCUT2D eigenvalue weighted by molar-refractivity contribution is 7.09.